The summed E-state index contributed by atoms with van der Waals surface area (Å²) in [5.74, 6) is -0.173. The lowest BCUT2D eigenvalue weighted by Gasteiger charge is -2.32. The molecule has 2 nitrogen and oxygen atoms in total. The molecule has 1 heterocycles. The van der Waals surface area contributed by atoms with Crippen LogP contribution in [-0.4, -0.2) is 31.7 Å². The Balaban J connectivity index is 2.32. The van der Waals surface area contributed by atoms with Crippen LogP contribution in [0, 0.1) is 5.82 Å². The maximum Gasteiger partial charge on any atom is 0.123 e. The molecule has 1 aromatic carbocycles. The van der Waals surface area contributed by atoms with Gasteiger partial charge in [0.15, 0.2) is 0 Å². The highest BCUT2D eigenvalue weighted by molar-refractivity contribution is 5.26. The van der Waals surface area contributed by atoms with Crippen LogP contribution < -0.4 is 0 Å². The molecule has 16 heavy (non-hydrogen) atoms. The van der Waals surface area contributed by atoms with E-state index in [1.807, 2.05) is 6.07 Å². The van der Waals surface area contributed by atoms with E-state index in [9.17, 15) is 4.39 Å². The zero-order valence-corrected chi connectivity index (χ0v) is 10.0. The van der Waals surface area contributed by atoms with Crippen molar-refractivity contribution in [2.24, 2.45) is 0 Å². The van der Waals surface area contributed by atoms with Crippen LogP contribution in [0.1, 0.15) is 18.9 Å². The molecule has 1 fully saturated rings. The first-order valence-corrected chi connectivity index (χ1v) is 5.56. The van der Waals surface area contributed by atoms with Crippen LogP contribution in [-0.2, 0) is 10.3 Å². The number of methoxy groups -OCH3 is 1. The van der Waals surface area contributed by atoms with Crippen LogP contribution in [0.5, 0.6) is 0 Å². The van der Waals surface area contributed by atoms with Gasteiger partial charge in [-0.15, -0.1) is 0 Å². The first-order chi connectivity index (χ1) is 7.56. The highest BCUT2D eigenvalue weighted by Gasteiger charge is 2.41. The normalized spacial score (nSPS) is 30.9. The molecule has 2 atom stereocenters. The van der Waals surface area contributed by atoms with Crippen molar-refractivity contribution in [1.29, 1.82) is 0 Å². The number of likely N-dealkylation sites (tertiary alicyclic amines) is 1. The Morgan fingerprint density at radius 1 is 1.50 bits per heavy atom. The molecule has 2 unspecified atom stereocenters. The number of benzene rings is 1. The van der Waals surface area contributed by atoms with Crippen LogP contribution in [0.2, 0.25) is 0 Å². The molecule has 0 N–H and O–H groups in total. The van der Waals surface area contributed by atoms with Gasteiger partial charge in [-0.25, -0.2) is 4.39 Å². The maximum atomic E-state index is 13.2. The second kappa shape index (κ2) is 4.15. The molecule has 2 rings (SSSR count). The minimum Gasteiger partial charge on any atom is -0.380 e. The van der Waals surface area contributed by atoms with E-state index in [1.165, 1.54) is 6.07 Å². The Kier molecular flexibility index (Phi) is 3.00. The van der Waals surface area contributed by atoms with Crippen molar-refractivity contribution in [2.75, 3.05) is 20.7 Å². The lowest BCUT2D eigenvalue weighted by Crippen LogP contribution is -2.35. The van der Waals surface area contributed by atoms with Crippen LogP contribution in [0.4, 0.5) is 4.39 Å². The number of nitrogens with zero attached hydrogens (tertiary/aromatic N) is 1. The molecule has 0 bridgehead atoms. The molecule has 0 aliphatic carbocycles. The fraction of sp³-hybridized carbons (Fsp3) is 0.538. The van der Waals surface area contributed by atoms with Gasteiger partial charge in [-0.2, -0.15) is 0 Å². The number of halogens is 1. The Morgan fingerprint density at radius 2 is 2.25 bits per heavy atom. The SMILES string of the molecule is COC1CN(C)C(C)(c2cccc(F)c2)C1. The standard InChI is InChI=1S/C13H18FNO/c1-13(8-12(16-3)9-15(13)2)10-5-4-6-11(14)7-10/h4-7,12H,8-9H2,1-3H3. The third kappa shape index (κ3) is 1.85. The number of likely N-dealkylation sites (N-methyl/N-ethyl adjacent to an activating group) is 1. The van der Waals surface area contributed by atoms with Crippen LogP contribution in [0.3, 0.4) is 0 Å². The Labute approximate surface area is 96.0 Å². The average molecular weight is 223 g/mol. The van der Waals surface area contributed by atoms with E-state index in [0.717, 1.165) is 18.5 Å². The summed E-state index contributed by atoms with van der Waals surface area (Å²) in [4.78, 5) is 2.23. The van der Waals surface area contributed by atoms with E-state index in [0.29, 0.717) is 0 Å². The summed E-state index contributed by atoms with van der Waals surface area (Å²) in [6, 6.07) is 6.85. The Hall–Kier alpha value is -0.930. The molecule has 1 aromatic rings. The molecule has 1 aliphatic heterocycles. The minimum atomic E-state index is -0.173. The molecule has 0 spiro atoms. The molecular weight excluding hydrogens is 205 g/mol. The van der Waals surface area contributed by atoms with Crippen LogP contribution in [0.25, 0.3) is 0 Å². The fourth-order valence-corrected chi connectivity index (χ4v) is 2.49. The van der Waals surface area contributed by atoms with Gasteiger partial charge >= 0.3 is 0 Å². The third-order valence-corrected chi connectivity index (χ3v) is 3.72. The monoisotopic (exact) mass is 223 g/mol. The topological polar surface area (TPSA) is 12.5 Å². The van der Waals surface area contributed by atoms with Gasteiger partial charge in [0.1, 0.15) is 5.82 Å². The second-order valence-corrected chi connectivity index (χ2v) is 4.73. The van der Waals surface area contributed by atoms with Crippen molar-refractivity contribution in [3.8, 4) is 0 Å². The summed E-state index contributed by atoms with van der Waals surface area (Å²) >= 11 is 0. The summed E-state index contributed by atoms with van der Waals surface area (Å²) in [6.45, 7) is 3.03. The molecule has 0 amide bonds. The van der Waals surface area contributed by atoms with Gasteiger partial charge in [-0.05, 0) is 38.1 Å². The molecule has 0 saturated carbocycles. The predicted octanol–water partition coefficient (Wildman–Crippen LogP) is 2.39. The van der Waals surface area contributed by atoms with Gasteiger partial charge in [0.25, 0.3) is 0 Å². The number of hydrogen-bond acceptors (Lipinski definition) is 2. The summed E-state index contributed by atoms with van der Waals surface area (Å²) in [5.41, 5.74) is 0.900. The predicted molar refractivity (Wildman–Crippen MR) is 61.8 cm³/mol. The lowest BCUT2D eigenvalue weighted by molar-refractivity contribution is 0.110. The molecule has 1 saturated heterocycles. The van der Waals surface area contributed by atoms with Crippen LogP contribution in [0.15, 0.2) is 24.3 Å². The third-order valence-electron chi connectivity index (χ3n) is 3.72. The molecule has 3 heteroatoms. The van der Waals surface area contributed by atoms with E-state index in [4.69, 9.17) is 4.74 Å². The molecule has 0 aromatic heterocycles. The van der Waals surface area contributed by atoms with Crippen LogP contribution >= 0.6 is 0 Å². The first kappa shape index (κ1) is 11.6. The average Bonchev–Trinajstić information content (AvgIpc) is 2.56. The van der Waals surface area contributed by atoms with Crippen molar-refractivity contribution in [3.05, 3.63) is 35.6 Å². The van der Waals surface area contributed by atoms with E-state index < -0.39 is 0 Å². The highest BCUT2D eigenvalue weighted by atomic mass is 19.1. The quantitative estimate of drug-likeness (QED) is 0.763. The second-order valence-electron chi connectivity index (χ2n) is 4.73. The van der Waals surface area contributed by atoms with E-state index >= 15 is 0 Å². The van der Waals surface area contributed by atoms with Gasteiger partial charge in [-0.3, -0.25) is 4.90 Å². The zero-order valence-electron chi connectivity index (χ0n) is 10.0. The number of rotatable bonds is 2. The van der Waals surface area contributed by atoms with Gasteiger partial charge in [0.05, 0.1) is 6.10 Å². The van der Waals surface area contributed by atoms with Gasteiger partial charge in [0, 0.05) is 19.2 Å². The van der Waals surface area contributed by atoms with Crippen molar-refractivity contribution in [1.82, 2.24) is 4.90 Å². The van der Waals surface area contributed by atoms with Gasteiger partial charge in [-0.1, -0.05) is 12.1 Å². The molecule has 88 valence electrons. The summed E-state index contributed by atoms with van der Waals surface area (Å²) in [5, 5.41) is 0. The maximum absolute atomic E-state index is 13.2. The molecule has 0 radical (unpaired) electrons. The molecule has 1 aliphatic rings. The van der Waals surface area contributed by atoms with Crippen molar-refractivity contribution in [2.45, 2.75) is 25.0 Å². The largest absolute Gasteiger partial charge is 0.380 e. The van der Waals surface area contributed by atoms with Crippen molar-refractivity contribution in [3.63, 3.8) is 0 Å². The smallest absolute Gasteiger partial charge is 0.123 e. The Morgan fingerprint density at radius 3 is 2.81 bits per heavy atom. The van der Waals surface area contributed by atoms with E-state index in [-0.39, 0.29) is 17.5 Å². The minimum absolute atomic E-state index is 0.122. The summed E-state index contributed by atoms with van der Waals surface area (Å²) in [6.07, 6.45) is 1.14. The van der Waals surface area contributed by atoms with Gasteiger partial charge in [0.2, 0.25) is 0 Å². The zero-order chi connectivity index (χ0) is 11.8. The molecular formula is C13H18FNO. The van der Waals surface area contributed by atoms with E-state index in [2.05, 4.69) is 18.9 Å². The summed E-state index contributed by atoms with van der Waals surface area (Å²) in [7, 11) is 3.79. The van der Waals surface area contributed by atoms with Crippen molar-refractivity contribution >= 4 is 0 Å². The van der Waals surface area contributed by atoms with Crippen molar-refractivity contribution < 1.29 is 9.13 Å². The number of hydrogen-bond donors (Lipinski definition) is 0. The number of ether oxygens (including phenoxy) is 1. The van der Waals surface area contributed by atoms with E-state index in [1.54, 1.807) is 19.2 Å². The fourth-order valence-electron chi connectivity index (χ4n) is 2.49. The Bertz CT molecular complexity index is 382. The highest BCUT2D eigenvalue weighted by Crippen LogP contribution is 2.38. The van der Waals surface area contributed by atoms with Gasteiger partial charge < -0.3 is 4.74 Å². The first-order valence-electron chi connectivity index (χ1n) is 5.56. The lowest BCUT2D eigenvalue weighted by atomic mass is 9.89. The summed E-state index contributed by atoms with van der Waals surface area (Å²) < 4.78 is 18.6.